The van der Waals surface area contributed by atoms with Crippen molar-refractivity contribution in [1.82, 2.24) is 9.88 Å². The fourth-order valence-corrected chi connectivity index (χ4v) is 3.24. The summed E-state index contributed by atoms with van der Waals surface area (Å²) in [6.07, 6.45) is 4.35. The number of methoxy groups -OCH3 is 1. The lowest BCUT2D eigenvalue weighted by Gasteiger charge is -2.38. The summed E-state index contributed by atoms with van der Waals surface area (Å²) >= 11 is 0. The molecule has 2 N–H and O–H groups in total. The van der Waals surface area contributed by atoms with Gasteiger partial charge in [-0.15, -0.1) is 0 Å². The minimum Gasteiger partial charge on any atom is -0.381 e. The standard InChI is InChI=1S/C17H23N3O/c1-21-15-7-9-20(14(10-15)11-18)12-13-6-8-19-17-5-3-2-4-16(13)17/h2-6,8,14-15H,7,9-12,18H2,1H3. The number of aromatic nitrogens is 1. The minimum absolute atomic E-state index is 0.351. The summed E-state index contributed by atoms with van der Waals surface area (Å²) in [5.74, 6) is 0. The Hall–Kier alpha value is -1.49. The van der Waals surface area contributed by atoms with Gasteiger partial charge in [0.15, 0.2) is 0 Å². The maximum Gasteiger partial charge on any atom is 0.0705 e. The summed E-state index contributed by atoms with van der Waals surface area (Å²) in [6.45, 7) is 2.65. The molecule has 0 amide bonds. The van der Waals surface area contributed by atoms with E-state index in [1.165, 1.54) is 10.9 Å². The fraction of sp³-hybridized carbons (Fsp3) is 0.471. The first-order chi connectivity index (χ1) is 10.3. The Morgan fingerprint density at radius 2 is 2.19 bits per heavy atom. The largest absolute Gasteiger partial charge is 0.381 e. The van der Waals surface area contributed by atoms with Gasteiger partial charge >= 0.3 is 0 Å². The van der Waals surface area contributed by atoms with Gasteiger partial charge in [-0.05, 0) is 30.5 Å². The van der Waals surface area contributed by atoms with Gasteiger partial charge in [0, 0.05) is 44.4 Å². The van der Waals surface area contributed by atoms with Gasteiger partial charge in [0.1, 0.15) is 0 Å². The molecule has 1 aliphatic heterocycles. The molecule has 2 heterocycles. The quantitative estimate of drug-likeness (QED) is 0.935. The van der Waals surface area contributed by atoms with E-state index in [-0.39, 0.29) is 0 Å². The van der Waals surface area contributed by atoms with Gasteiger partial charge < -0.3 is 10.5 Å². The van der Waals surface area contributed by atoms with E-state index in [0.717, 1.165) is 31.4 Å². The molecule has 1 aliphatic rings. The minimum atomic E-state index is 0.351. The molecule has 4 heteroatoms. The van der Waals surface area contributed by atoms with Crippen molar-refractivity contribution in [2.45, 2.75) is 31.5 Å². The van der Waals surface area contributed by atoms with Crippen molar-refractivity contribution in [1.29, 1.82) is 0 Å². The zero-order valence-electron chi connectivity index (χ0n) is 12.5. The molecule has 4 nitrogen and oxygen atoms in total. The second-order valence-corrected chi connectivity index (χ2v) is 5.73. The van der Waals surface area contributed by atoms with Crippen molar-refractivity contribution in [3.63, 3.8) is 0 Å². The Kier molecular flexibility index (Phi) is 4.48. The van der Waals surface area contributed by atoms with Gasteiger partial charge in [0.25, 0.3) is 0 Å². The summed E-state index contributed by atoms with van der Waals surface area (Å²) in [5, 5.41) is 1.24. The number of benzene rings is 1. The van der Waals surface area contributed by atoms with E-state index in [0.29, 0.717) is 18.7 Å². The van der Waals surface area contributed by atoms with Crippen LogP contribution in [0.1, 0.15) is 18.4 Å². The highest BCUT2D eigenvalue weighted by atomic mass is 16.5. The molecule has 1 aromatic carbocycles. The van der Waals surface area contributed by atoms with Crippen LogP contribution in [0.15, 0.2) is 36.5 Å². The zero-order chi connectivity index (χ0) is 14.7. The smallest absolute Gasteiger partial charge is 0.0705 e. The van der Waals surface area contributed by atoms with Crippen molar-refractivity contribution >= 4 is 10.9 Å². The Labute approximate surface area is 125 Å². The summed E-state index contributed by atoms with van der Waals surface area (Å²) in [7, 11) is 1.80. The lowest BCUT2D eigenvalue weighted by atomic mass is 9.98. The fourth-order valence-electron chi connectivity index (χ4n) is 3.24. The third-order valence-corrected chi connectivity index (χ3v) is 4.51. The van der Waals surface area contributed by atoms with Crippen LogP contribution in [-0.2, 0) is 11.3 Å². The molecule has 1 fully saturated rings. The molecule has 0 bridgehead atoms. The van der Waals surface area contributed by atoms with Crippen LogP contribution in [-0.4, -0.2) is 42.2 Å². The van der Waals surface area contributed by atoms with Crippen LogP contribution in [0.5, 0.6) is 0 Å². The highest BCUT2D eigenvalue weighted by Crippen LogP contribution is 2.24. The first kappa shape index (κ1) is 14.4. The SMILES string of the molecule is COC1CCN(Cc2ccnc3ccccc23)C(CN)C1. The normalized spacial score (nSPS) is 23.5. The summed E-state index contributed by atoms with van der Waals surface area (Å²) in [5.41, 5.74) is 8.36. The predicted octanol–water partition coefficient (Wildman–Crippen LogP) is 2.17. The van der Waals surface area contributed by atoms with Crippen LogP contribution >= 0.6 is 0 Å². The average Bonchev–Trinajstić information content (AvgIpc) is 2.55. The summed E-state index contributed by atoms with van der Waals surface area (Å²) < 4.78 is 5.50. The van der Waals surface area contributed by atoms with Crippen LogP contribution in [0.25, 0.3) is 10.9 Å². The highest BCUT2D eigenvalue weighted by molar-refractivity contribution is 5.81. The van der Waals surface area contributed by atoms with E-state index in [2.05, 4.69) is 34.1 Å². The second kappa shape index (κ2) is 6.52. The Balaban J connectivity index is 1.81. The van der Waals surface area contributed by atoms with Crippen molar-refractivity contribution in [3.8, 4) is 0 Å². The molecule has 1 aromatic heterocycles. The second-order valence-electron chi connectivity index (χ2n) is 5.73. The molecule has 0 aliphatic carbocycles. The highest BCUT2D eigenvalue weighted by Gasteiger charge is 2.27. The number of nitrogens with two attached hydrogens (primary N) is 1. The van der Waals surface area contributed by atoms with E-state index >= 15 is 0 Å². The number of piperidine rings is 1. The van der Waals surface area contributed by atoms with E-state index in [9.17, 15) is 0 Å². The van der Waals surface area contributed by atoms with E-state index in [4.69, 9.17) is 10.5 Å². The maximum absolute atomic E-state index is 5.97. The number of fused-ring (bicyclic) bond motifs is 1. The van der Waals surface area contributed by atoms with Gasteiger partial charge in [-0.3, -0.25) is 9.88 Å². The van der Waals surface area contributed by atoms with Crippen LogP contribution in [0.2, 0.25) is 0 Å². The van der Waals surface area contributed by atoms with Gasteiger partial charge in [-0.1, -0.05) is 18.2 Å². The van der Waals surface area contributed by atoms with Crippen molar-refractivity contribution in [2.75, 3.05) is 20.2 Å². The number of hydrogen-bond donors (Lipinski definition) is 1. The Morgan fingerprint density at radius 3 is 3.00 bits per heavy atom. The topological polar surface area (TPSA) is 51.4 Å². The molecule has 0 saturated carbocycles. The van der Waals surface area contributed by atoms with E-state index in [1.807, 2.05) is 12.3 Å². The van der Waals surface area contributed by atoms with E-state index in [1.54, 1.807) is 7.11 Å². The summed E-state index contributed by atoms with van der Waals surface area (Å²) in [6, 6.07) is 10.8. The first-order valence-corrected chi connectivity index (χ1v) is 7.61. The molecule has 3 rings (SSSR count). The van der Waals surface area contributed by atoms with Gasteiger partial charge in [0.2, 0.25) is 0 Å². The number of hydrogen-bond acceptors (Lipinski definition) is 4. The third kappa shape index (κ3) is 3.07. The molecular weight excluding hydrogens is 262 g/mol. The lowest BCUT2D eigenvalue weighted by Crippen LogP contribution is -2.48. The number of ether oxygens (including phenoxy) is 1. The molecular formula is C17H23N3O. The Bertz CT molecular complexity index is 596. The summed E-state index contributed by atoms with van der Waals surface area (Å²) in [4.78, 5) is 6.92. The van der Waals surface area contributed by atoms with Crippen LogP contribution in [0.3, 0.4) is 0 Å². The molecule has 2 aromatic rings. The van der Waals surface area contributed by atoms with Gasteiger partial charge in [-0.25, -0.2) is 0 Å². The lowest BCUT2D eigenvalue weighted by molar-refractivity contribution is 0.0104. The average molecular weight is 285 g/mol. The third-order valence-electron chi connectivity index (χ3n) is 4.51. The molecule has 2 unspecified atom stereocenters. The molecule has 21 heavy (non-hydrogen) atoms. The van der Waals surface area contributed by atoms with Crippen molar-refractivity contribution in [3.05, 3.63) is 42.1 Å². The van der Waals surface area contributed by atoms with Crippen LogP contribution in [0, 0.1) is 0 Å². The molecule has 0 radical (unpaired) electrons. The zero-order valence-corrected chi connectivity index (χ0v) is 12.5. The van der Waals surface area contributed by atoms with Crippen LogP contribution in [0.4, 0.5) is 0 Å². The molecule has 112 valence electrons. The van der Waals surface area contributed by atoms with Crippen LogP contribution < -0.4 is 5.73 Å². The number of para-hydroxylation sites is 1. The molecule has 1 saturated heterocycles. The molecule has 2 atom stereocenters. The number of nitrogens with zero attached hydrogens (tertiary/aromatic N) is 2. The maximum atomic E-state index is 5.97. The predicted molar refractivity (Wildman–Crippen MR) is 85.0 cm³/mol. The number of likely N-dealkylation sites (tertiary alicyclic amines) is 1. The number of rotatable bonds is 4. The van der Waals surface area contributed by atoms with Gasteiger partial charge in [-0.2, -0.15) is 0 Å². The molecule has 0 spiro atoms. The first-order valence-electron chi connectivity index (χ1n) is 7.61. The monoisotopic (exact) mass is 285 g/mol. The van der Waals surface area contributed by atoms with Gasteiger partial charge in [0.05, 0.1) is 11.6 Å². The Morgan fingerprint density at radius 1 is 1.33 bits per heavy atom. The van der Waals surface area contributed by atoms with Crippen molar-refractivity contribution in [2.24, 2.45) is 5.73 Å². The number of pyridine rings is 1. The van der Waals surface area contributed by atoms with Crippen molar-refractivity contribution < 1.29 is 4.74 Å². The van der Waals surface area contributed by atoms with E-state index < -0.39 is 0 Å².